The average molecular weight is 307 g/mol. The molecule has 0 heterocycles. The predicted molar refractivity (Wildman–Crippen MR) is 90.4 cm³/mol. The molecular formula is C15H25N5O2. The Bertz CT molecular complexity index is 502. The molecule has 0 spiro atoms. The van der Waals surface area contributed by atoms with Crippen LogP contribution in [-0.4, -0.2) is 37.1 Å². The molecule has 0 aliphatic carbocycles. The van der Waals surface area contributed by atoms with E-state index in [2.05, 4.69) is 34.8 Å². The molecule has 0 atom stereocenters. The summed E-state index contributed by atoms with van der Waals surface area (Å²) in [6, 6.07) is 6.63. The van der Waals surface area contributed by atoms with Crippen LogP contribution < -0.4 is 16.0 Å². The van der Waals surface area contributed by atoms with Crippen LogP contribution in [0.15, 0.2) is 29.3 Å². The Labute approximate surface area is 131 Å². The second-order valence-electron chi connectivity index (χ2n) is 5.24. The Morgan fingerprint density at radius 3 is 2.64 bits per heavy atom. The number of nitrogens with one attached hydrogen (secondary N) is 3. The van der Waals surface area contributed by atoms with Gasteiger partial charge in [0.2, 0.25) is 0 Å². The van der Waals surface area contributed by atoms with Crippen LogP contribution in [0.4, 0.5) is 11.4 Å². The van der Waals surface area contributed by atoms with E-state index in [1.165, 1.54) is 6.07 Å². The smallest absolute Gasteiger partial charge is 0.292 e. The highest BCUT2D eigenvalue weighted by Gasteiger charge is 2.11. The minimum absolute atomic E-state index is 0.0860. The SMILES string of the molecule is CCNC(=NCC(C)C)NCCNc1ccccc1[N+](=O)[O-]. The van der Waals surface area contributed by atoms with Crippen LogP contribution in [0.25, 0.3) is 0 Å². The number of anilines is 1. The van der Waals surface area contributed by atoms with Crippen LogP contribution in [0.3, 0.4) is 0 Å². The first-order valence-corrected chi connectivity index (χ1v) is 7.54. The van der Waals surface area contributed by atoms with Gasteiger partial charge < -0.3 is 16.0 Å². The van der Waals surface area contributed by atoms with Gasteiger partial charge in [-0.1, -0.05) is 26.0 Å². The van der Waals surface area contributed by atoms with Crippen molar-refractivity contribution in [2.24, 2.45) is 10.9 Å². The first kappa shape index (κ1) is 17.7. The van der Waals surface area contributed by atoms with E-state index < -0.39 is 0 Å². The van der Waals surface area contributed by atoms with Crippen molar-refractivity contribution in [2.75, 3.05) is 31.5 Å². The molecule has 1 aromatic carbocycles. The Kier molecular flexibility index (Phi) is 7.74. The van der Waals surface area contributed by atoms with Crippen molar-refractivity contribution in [3.05, 3.63) is 34.4 Å². The van der Waals surface area contributed by atoms with Gasteiger partial charge in [-0.2, -0.15) is 0 Å². The molecule has 0 bridgehead atoms. The highest BCUT2D eigenvalue weighted by Crippen LogP contribution is 2.22. The fourth-order valence-corrected chi connectivity index (χ4v) is 1.78. The lowest BCUT2D eigenvalue weighted by Crippen LogP contribution is -2.39. The van der Waals surface area contributed by atoms with Gasteiger partial charge in [-0.15, -0.1) is 0 Å². The average Bonchev–Trinajstić information content (AvgIpc) is 2.49. The maximum atomic E-state index is 10.9. The number of nitro groups is 1. The molecule has 3 N–H and O–H groups in total. The molecule has 0 radical (unpaired) electrons. The Morgan fingerprint density at radius 1 is 1.27 bits per heavy atom. The van der Waals surface area contributed by atoms with Crippen LogP contribution in [-0.2, 0) is 0 Å². The lowest BCUT2D eigenvalue weighted by molar-refractivity contribution is -0.384. The summed E-state index contributed by atoms with van der Waals surface area (Å²) in [5.41, 5.74) is 0.612. The highest BCUT2D eigenvalue weighted by atomic mass is 16.6. The molecule has 122 valence electrons. The first-order valence-electron chi connectivity index (χ1n) is 7.54. The van der Waals surface area contributed by atoms with Gasteiger partial charge >= 0.3 is 0 Å². The molecule has 0 amide bonds. The molecule has 0 aromatic heterocycles. The fraction of sp³-hybridized carbons (Fsp3) is 0.533. The number of nitro benzene ring substituents is 1. The van der Waals surface area contributed by atoms with E-state index in [-0.39, 0.29) is 10.6 Å². The zero-order valence-electron chi connectivity index (χ0n) is 13.4. The summed E-state index contributed by atoms with van der Waals surface area (Å²) < 4.78 is 0. The lowest BCUT2D eigenvalue weighted by Gasteiger charge is -2.13. The molecule has 22 heavy (non-hydrogen) atoms. The number of aliphatic imine (C=N–C) groups is 1. The van der Waals surface area contributed by atoms with E-state index in [9.17, 15) is 10.1 Å². The highest BCUT2D eigenvalue weighted by molar-refractivity contribution is 5.79. The van der Waals surface area contributed by atoms with Crippen molar-refractivity contribution in [3.8, 4) is 0 Å². The number of hydrogen-bond acceptors (Lipinski definition) is 4. The summed E-state index contributed by atoms with van der Waals surface area (Å²) in [5.74, 6) is 1.26. The van der Waals surface area contributed by atoms with Crippen LogP contribution in [0.1, 0.15) is 20.8 Å². The van der Waals surface area contributed by atoms with Gasteiger partial charge in [0, 0.05) is 32.2 Å². The first-order chi connectivity index (χ1) is 10.5. The molecule has 0 aliphatic heterocycles. The van der Waals surface area contributed by atoms with Crippen molar-refractivity contribution in [2.45, 2.75) is 20.8 Å². The minimum Gasteiger partial charge on any atom is -0.378 e. The third kappa shape index (κ3) is 6.43. The zero-order chi connectivity index (χ0) is 16.4. The molecule has 0 fully saturated rings. The fourth-order valence-electron chi connectivity index (χ4n) is 1.78. The standard InChI is InChI=1S/C15H25N5O2/c1-4-16-15(19-11-12(2)3)18-10-9-17-13-7-5-6-8-14(13)20(21)22/h5-8,12,17H,4,9-11H2,1-3H3,(H2,16,18,19). The number of hydrogen-bond donors (Lipinski definition) is 3. The summed E-state index contributed by atoms with van der Waals surface area (Å²) in [6.07, 6.45) is 0. The van der Waals surface area contributed by atoms with E-state index in [1.54, 1.807) is 18.2 Å². The minimum atomic E-state index is -0.385. The van der Waals surface area contributed by atoms with E-state index in [4.69, 9.17) is 0 Å². The molecule has 0 aliphatic rings. The quantitative estimate of drug-likeness (QED) is 0.225. The van der Waals surface area contributed by atoms with Gasteiger partial charge in [-0.3, -0.25) is 15.1 Å². The van der Waals surface area contributed by atoms with E-state index in [1.807, 2.05) is 6.92 Å². The van der Waals surface area contributed by atoms with Crippen molar-refractivity contribution >= 4 is 17.3 Å². The molecule has 7 heteroatoms. The molecular weight excluding hydrogens is 282 g/mol. The van der Waals surface area contributed by atoms with Crippen molar-refractivity contribution < 1.29 is 4.92 Å². The molecule has 0 saturated heterocycles. The van der Waals surface area contributed by atoms with Gasteiger partial charge in [0.15, 0.2) is 5.96 Å². The van der Waals surface area contributed by atoms with Crippen LogP contribution in [0.2, 0.25) is 0 Å². The number of nitrogens with zero attached hydrogens (tertiary/aromatic N) is 2. The number of benzene rings is 1. The summed E-state index contributed by atoms with van der Waals surface area (Å²) in [6.45, 7) is 8.98. The maximum absolute atomic E-state index is 10.9. The van der Waals surface area contributed by atoms with Crippen molar-refractivity contribution in [3.63, 3.8) is 0 Å². The van der Waals surface area contributed by atoms with Crippen molar-refractivity contribution in [1.29, 1.82) is 0 Å². The van der Waals surface area contributed by atoms with Gasteiger partial charge in [-0.05, 0) is 18.9 Å². The van der Waals surface area contributed by atoms with E-state index >= 15 is 0 Å². The monoisotopic (exact) mass is 307 g/mol. The van der Waals surface area contributed by atoms with Crippen LogP contribution in [0, 0.1) is 16.0 Å². The van der Waals surface area contributed by atoms with Gasteiger partial charge in [0.05, 0.1) is 4.92 Å². The largest absolute Gasteiger partial charge is 0.378 e. The number of rotatable bonds is 8. The zero-order valence-corrected chi connectivity index (χ0v) is 13.4. The Morgan fingerprint density at radius 2 is 2.00 bits per heavy atom. The Balaban J connectivity index is 2.46. The Hall–Kier alpha value is -2.31. The number of guanidine groups is 1. The van der Waals surface area contributed by atoms with Gasteiger partial charge in [0.25, 0.3) is 5.69 Å². The third-order valence-electron chi connectivity index (χ3n) is 2.79. The maximum Gasteiger partial charge on any atom is 0.292 e. The molecule has 0 saturated carbocycles. The summed E-state index contributed by atoms with van der Waals surface area (Å²) in [5, 5.41) is 20.4. The second kappa shape index (κ2) is 9.59. The van der Waals surface area contributed by atoms with Crippen molar-refractivity contribution in [1.82, 2.24) is 10.6 Å². The summed E-state index contributed by atoms with van der Waals surface area (Å²) in [7, 11) is 0. The van der Waals surface area contributed by atoms with Gasteiger partial charge in [0.1, 0.15) is 5.69 Å². The molecule has 1 rings (SSSR count). The molecule has 7 nitrogen and oxygen atoms in total. The molecule has 1 aromatic rings. The normalized spacial score (nSPS) is 11.4. The van der Waals surface area contributed by atoms with Crippen LogP contribution >= 0.6 is 0 Å². The van der Waals surface area contributed by atoms with E-state index in [0.29, 0.717) is 24.7 Å². The summed E-state index contributed by atoms with van der Waals surface area (Å²) >= 11 is 0. The third-order valence-corrected chi connectivity index (χ3v) is 2.79. The van der Waals surface area contributed by atoms with Crippen LogP contribution in [0.5, 0.6) is 0 Å². The topological polar surface area (TPSA) is 91.6 Å². The predicted octanol–water partition coefficient (Wildman–Crippen LogP) is 2.22. The molecule has 0 unspecified atom stereocenters. The summed E-state index contributed by atoms with van der Waals surface area (Å²) in [4.78, 5) is 15.0. The number of para-hydroxylation sites is 2. The lowest BCUT2D eigenvalue weighted by atomic mass is 10.2. The van der Waals surface area contributed by atoms with Gasteiger partial charge in [-0.25, -0.2) is 0 Å². The van der Waals surface area contributed by atoms with E-state index in [0.717, 1.165) is 19.0 Å². The second-order valence-corrected chi connectivity index (χ2v) is 5.24.